The fourth-order valence-electron chi connectivity index (χ4n) is 3.23. The molecule has 0 saturated carbocycles. The Morgan fingerprint density at radius 3 is 2.60 bits per heavy atom. The number of carbonyl (C=O) groups is 2. The first-order valence-electron chi connectivity index (χ1n) is 9.17. The molecule has 0 aromatic heterocycles. The van der Waals surface area contributed by atoms with Gasteiger partial charge in [-0.15, -0.1) is 0 Å². The van der Waals surface area contributed by atoms with Gasteiger partial charge in [-0.3, -0.25) is 9.59 Å². The highest BCUT2D eigenvalue weighted by molar-refractivity contribution is 5.94. The number of nitrogens with zero attached hydrogens (tertiary/aromatic N) is 1. The zero-order valence-electron chi connectivity index (χ0n) is 15.5. The number of benzene rings is 1. The number of aliphatic hydroxyl groups excluding tert-OH is 1. The number of hydrogen-bond donors (Lipinski definition) is 2. The molecule has 0 bridgehead atoms. The number of hydrogen-bond acceptors (Lipinski definition) is 3. The Balaban J connectivity index is 2.01. The van der Waals surface area contributed by atoms with Crippen LogP contribution in [0.3, 0.4) is 0 Å². The molecule has 1 aromatic rings. The molecule has 1 fully saturated rings. The van der Waals surface area contributed by atoms with Gasteiger partial charge < -0.3 is 15.3 Å². The Hall–Kier alpha value is -1.88. The summed E-state index contributed by atoms with van der Waals surface area (Å²) in [5.41, 5.74) is 1.40. The van der Waals surface area contributed by atoms with Gasteiger partial charge in [0.05, 0.1) is 5.92 Å². The number of rotatable bonds is 6. The number of likely N-dealkylation sites (tertiary alicyclic amines) is 1. The van der Waals surface area contributed by atoms with Gasteiger partial charge in [0.25, 0.3) is 5.91 Å². The largest absolute Gasteiger partial charge is 0.396 e. The molecular formula is C20H30N2O3. The first-order valence-corrected chi connectivity index (χ1v) is 9.17. The van der Waals surface area contributed by atoms with Crippen LogP contribution in [0, 0.1) is 12.8 Å². The van der Waals surface area contributed by atoms with Gasteiger partial charge in [-0.05, 0) is 51.7 Å². The van der Waals surface area contributed by atoms with Crippen molar-refractivity contribution in [2.45, 2.75) is 52.0 Å². The van der Waals surface area contributed by atoms with Crippen LogP contribution < -0.4 is 5.32 Å². The molecule has 2 unspecified atom stereocenters. The normalized spacial score (nSPS) is 20.0. The lowest BCUT2D eigenvalue weighted by atomic mass is 9.91. The van der Waals surface area contributed by atoms with Crippen LogP contribution in [0.4, 0.5) is 0 Å². The lowest BCUT2D eigenvalue weighted by molar-refractivity contribution is -0.128. The Kier molecular flexibility index (Phi) is 6.59. The SMILES string of the molecule is CCC(C)(CCO)NC(=O)C1CCCN(C(=O)c2ccc(C)cc2)C1. The summed E-state index contributed by atoms with van der Waals surface area (Å²) in [6.45, 7) is 7.15. The zero-order valence-corrected chi connectivity index (χ0v) is 15.5. The standard InChI is InChI=1S/C20H30N2O3/c1-4-20(3,11-13-23)21-18(24)17-6-5-12-22(14-17)19(25)16-9-7-15(2)8-10-16/h7-10,17,23H,4-6,11-14H2,1-3H3,(H,21,24). The Morgan fingerprint density at radius 1 is 1.32 bits per heavy atom. The van der Waals surface area contributed by atoms with E-state index in [4.69, 9.17) is 0 Å². The van der Waals surface area contributed by atoms with E-state index in [0.717, 1.165) is 24.8 Å². The second-order valence-corrected chi connectivity index (χ2v) is 7.33. The van der Waals surface area contributed by atoms with Gasteiger partial charge in [0.1, 0.15) is 0 Å². The predicted octanol–water partition coefficient (Wildman–Crippen LogP) is 2.51. The quantitative estimate of drug-likeness (QED) is 0.831. The topological polar surface area (TPSA) is 69.6 Å². The number of piperidine rings is 1. The third-order valence-corrected chi connectivity index (χ3v) is 5.25. The second-order valence-electron chi connectivity index (χ2n) is 7.33. The van der Waals surface area contributed by atoms with Crippen LogP contribution in [0.1, 0.15) is 55.5 Å². The van der Waals surface area contributed by atoms with Crippen molar-refractivity contribution in [3.05, 3.63) is 35.4 Å². The van der Waals surface area contributed by atoms with E-state index in [1.165, 1.54) is 0 Å². The lowest BCUT2D eigenvalue weighted by Crippen LogP contribution is -2.52. The van der Waals surface area contributed by atoms with Gasteiger partial charge in [0.15, 0.2) is 0 Å². The van der Waals surface area contributed by atoms with Crippen LogP contribution >= 0.6 is 0 Å². The van der Waals surface area contributed by atoms with Crippen LogP contribution in [-0.2, 0) is 4.79 Å². The lowest BCUT2D eigenvalue weighted by Gasteiger charge is -2.35. The molecule has 2 amide bonds. The van der Waals surface area contributed by atoms with Crippen LogP contribution in [0.15, 0.2) is 24.3 Å². The molecule has 2 rings (SSSR count). The smallest absolute Gasteiger partial charge is 0.253 e. The monoisotopic (exact) mass is 346 g/mol. The number of nitrogens with one attached hydrogen (secondary N) is 1. The minimum Gasteiger partial charge on any atom is -0.396 e. The number of aliphatic hydroxyl groups is 1. The van der Waals surface area contributed by atoms with Crippen LogP contribution in [0.25, 0.3) is 0 Å². The summed E-state index contributed by atoms with van der Waals surface area (Å²) in [5, 5.41) is 12.3. The van der Waals surface area contributed by atoms with Crippen molar-refractivity contribution in [1.29, 1.82) is 0 Å². The van der Waals surface area contributed by atoms with Gasteiger partial charge in [0.2, 0.25) is 5.91 Å². The van der Waals surface area contributed by atoms with Gasteiger partial charge in [-0.2, -0.15) is 0 Å². The third kappa shape index (κ3) is 5.05. The summed E-state index contributed by atoms with van der Waals surface area (Å²) in [4.78, 5) is 27.1. The van der Waals surface area contributed by atoms with E-state index < -0.39 is 5.54 Å². The van der Waals surface area contributed by atoms with Crippen LogP contribution in [-0.4, -0.2) is 47.1 Å². The molecule has 138 valence electrons. The van der Waals surface area contributed by atoms with Gasteiger partial charge in [-0.1, -0.05) is 24.6 Å². The number of amides is 2. The maximum atomic E-state index is 12.7. The Morgan fingerprint density at radius 2 is 2.00 bits per heavy atom. The van der Waals surface area contributed by atoms with Crippen LogP contribution in [0.5, 0.6) is 0 Å². The predicted molar refractivity (Wildman–Crippen MR) is 98.3 cm³/mol. The van der Waals surface area contributed by atoms with E-state index in [0.29, 0.717) is 25.1 Å². The van der Waals surface area contributed by atoms with Crippen molar-refractivity contribution in [2.75, 3.05) is 19.7 Å². The molecule has 5 heteroatoms. The Bertz CT molecular complexity index is 599. The highest BCUT2D eigenvalue weighted by Crippen LogP contribution is 2.21. The molecule has 1 aliphatic heterocycles. The summed E-state index contributed by atoms with van der Waals surface area (Å²) in [7, 11) is 0. The van der Waals surface area contributed by atoms with Crippen molar-refractivity contribution < 1.29 is 14.7 Å². The molecular weight excluding hydrogens is 316 g/mol. The molecule has 1 saturated heterocycles. The van der Waals surface area contributed by atoms with Crippen molar-refractivity contribution >= 4 is 11.8 Å². The summed E-state index contributed by atoms with van der Waals surface area (Å²) in [5.74, 6) is -0.210. The minimum atomic E-state index is -0.394. The van der Waals surface area contributed by atoms with E-state index in [1.54, 1.807) is 4.90 Å². The van der Waals surface area contributed by atoms with E-state index in [1.807, 2.05) is 45.0 Å². The molecule has 25 heavy (non-hydrogen) atoms. The number of carbonyl (C=O) groups excluding carboxylic acids is 2. The minimum absolute atomic E-state index is 0.00823. The molecule has 0 radical (unpaired) electrons. The molecule has 1 aliphatic rings. The summed E-state index contributed by atoms with van der Waals surface area (Å²) >= 11 is 0. The second kappa shape index (κ2) is 8.48. The van der Waals surface area contributed by atoms with Crippen molar-refractivity contribution in [3.8, 4) is 0 Å². The molecule has 1 heterocycles. The third-order valence-electron chi connectivity index (χ3n) is 5.25. The molecule has 0 spiro atoms. The van der Waals surface area contributed by atoms with Crippen molar-refractivity contribution in [1.82, 2.24) is 10.2 Å². The fourth-order valence-corrected chi connectivity index (χ4v) is 3.23. The highest BCUT2D eigenvalue weighted by Gasteiger charge is 2.32. The van der Waals surface area contributed by atoms with E-state index in [-0.39, 0.29) is 24.3 Å². The molecule has 2 N–H and O–H groups in total. The fraction of sp³-hybridized carbons (Fsp3) is 0.600. The summed E-state index contributed by atoms with van der Waals surface area (Å²) < 4.78 is 0. The maximum Gasteiger partial charge on any atom is 0.253 e. The van der Waals surface area contributed by atoms with E-state index in [9.17, 15) is 14.7 Å². The van der Waals surface area contributed by atoms with E-state index in [2.05, 4.69) is 5.32 Å². The maximum absolute atomic E-state index is 12.7. The Labute approximate surface area is 150 Å². The molecule has 0 aliphatic carbocycles. The van der Waals surface area contributed by atoms with Gasteiger partial charge in [0, 0.05) is 30.8 Å². The summed E-state index contributed by atoms with van der Waals surface area (Å²) in [6.07, 6.45) is 2.92. The van der Waals surface area contributed by atoms with E-state index >= 15 is 0 Å². The molecule has 5 nitrogen and oxygen atoms in total. The number of aryl methyl sites for hydroxylation is 1. The zero-order chi connectivity index (χ0) is 18.4. The highest BCUT2D eigenvalue weighted by atomic mass is 16.3. The molecule has 1 aromatic carbocycles. The van der Waals surface area contributed by atoms with Crippen LogP contribution in [0.2, 0.25) is 0 Å². The average molecular weight is 346 g/mol. The first-order chi connectivity index (χ1) is 11.9. The van der Waals surface area contributed by atoms with Gasteiger partial charge >= 0.3 is 0 Å². The average Bonchev–Trinajstić information content (AvgIpc) is 2.62. The van der Waals surface area contributed by atoms with Crippen molar-refractivity contribution in [3.63, 3.8) is 0 Å². The summed E-state index contributed by atoms with van der Waals surface area (Å²) in [6, 6.07) is 7.55. The molecule has 2 atom stereocenters. The van der Waals surface area contributed by atoms with Crippen molar-refractivity contribution in [2.24, 2.45) is 5.92 Å². The van der Waals surface area contributed by atoms with Gasteiger partial charge in [-0.25, -0.2) is 0 Å². The first kappa shape index (κ1) is 19.4.